The Morgan fingerprint density at radius 3 is 2.69 bits per heavy atom. The lowest BCUT2D eigenvalue weighted by Gasteiger charge is -2.34. The predicted molar refractivity (Wildman–Crippen MR) is 124 cm³/mol. The molecule has 0 saturated carbocycles. The molecule has 8 nitrogen and oxygen atoms in total. The van der Waals surface area contributed by atoms with Crippen LogP contribution >= 0.6 is 23.1 Å². The number of H-pyrrole nitrogens is 1. The second-order valence-corrected chi connectivity index (χ2v) is 9.45. The molecule has 1 N–H and O–H groups in total. The lowest BCUT2D eigenvalue weighted by Crippen LogP contribution is -2.51. The number of carbonyl (C=O) groups is 2. The minimum absolute atomic E-state index is 0.0243. The van der Waals surface area contributed by atoms with Gasteiger partial charge in [-0.1, -0.05) is 30.0 Å². The van der Waals surface area contributed by atoms with Crippen LogP contribution in [0, 0.1) is 13.8 Å². The van der Waals surface area contributed by atoms with E-state index in [-0.39, 0.29) is 24.2 Å². The zero-order valence-corrected chi connectivity index (χ0v) is 19.7. The van der Waals surface area contributed by atoms with Gasteiger partial charge in [0.25, 0.3) is 5.91 Å². The van der Waals surface area contributed by atoms with Crippen molar-refractivity contribution in [3.8, 4) is 5.75 Å². The van der Waals surface area contributed by atoms with Crippen molar-refractivity contribution in [3.05, 3.63) is 57.5 Å². The lowest BCUT2D eigenvalue weighted by atomic mass is 10.1. The highest BCUT2D eigenvalue weighted by atomic mass is 32.2. The van der Waals surface area contributed by atoms with Crippen LogP contribution in [0.25, 0.3) is 0 Å². The Morgan fingerprint density at radius 2 is 1.94 bits per heavy atom. The average Bonchev–Trinajstić information content (AvgIpc) is 3.50. The topological polar surface area (TPSA) is 91.4 Å². The summed E-state index contributed by atoms with van der Waals surface area (Å²) in [5.74, 6) is 1.76. The summed E-state index contributed by atoms with van der Waals surface area (Å²) in [6, 6.07) is 9.77. The van der Waals surface area contributed by atoms with Gasteiger partial charge in [-0.15, -0.1) is 16.4 Å². The van der Waals surface area contributed by atoms with E-state index >= 15 is 0 Å². The molecule has 10 heteroatoms. The molecule has 1 saturated heterocycles. The molecule has 1 aliphatic rings. The fraction of sp³-hybridized carbons (Fsp3) is 0.364. The van der Waals surface area contributed by atoms with Gasteiger partial charge in [0.1, 0.15) is 12.4 Å². The first kappa shape index (κ1) is 22.3. The fourth-order valence-corrected chi connectivity index (χ4v) is 4.76. The van der Waals surface area contributed by atoms with Crippen LogP contribution in [0.1, 0.15) is 26.6 Å². The van der Waals surface area contributed by atoms with E-state index in [4.69, 9.17) is 4.74 Å². The Hall–Kier alpha value is -2.85. The average molecular weight is 472 g/mol. The van der Waals surface area contributed by atoms with Crippen molar-refractivity contribution >= 4 is 34.9 Å². The summed E-state index contributed by atoms with van der Waals surface area (Å²) in [6.45, 7) is 6.49. The molecule has 32 heavy (non-hydrogen) atoms. The highest BCUT2D eigenvalue weighted by Gasteiger charge is 2.25. The molecule has 4 rings (SSSR count). The predicted octanol–water partition coefficient (Wildman–Crippen LogP) is 3.14. The number of aromatic amines is 1. The first-order valence-corrected chi connectivity index (χ1v) is 12.2. The number of piperazine rings is 1. The SMILES string of the molecule is Cc1ccc(C)c(OCc2nc(SCC(=O)N3CCN(C(=O)c4cccs4)CC3)n[nH]2)c1. The quantitative estimate of drug-likeness (QED) is 0.533. The number of rotatable bonds is 7. The third-order valence-corrected chi connectivity index (χ3v) is 6.89. The van der Waals surface area contributed by atoms with Gasteiger partial charge in [-0.25, -0.2) is 4.98 Å². The number of thiophene rings is 1. The molecule has 3 heterocycles. The Balaban J connectivity index is 1.21. The van der Waals surface area contributed by atoms with E-state index in [0.29, 0.717) is 37.2 Å². The Morgan fingerprint density at radius 1 is 1.16 bits per heavy atom. The van der Waals surface area contributed by atoms with Crippen LogP contribution in [-0.2, 0) is 11.4 Å². The van der Waals surface area contributed by atoms with Crippen LogP contribution in [0.15, 0.2) is 40.9 Å². The summed E-state index contributed by atoms with van der Waals surface area (Å²) >= 11 is 2.74. The van der Waals surface area contributed by atoms with Gasteiger partial charge in [-0.2, -0.15) is 0 Å². The molecule has 168 valence electrons. The Bertz CT molecular complexity index is 1080. The number of hydrogen-bond acceptors (Lipinski definition) is 7. The first-order chi connectivity index (χ1) is 15.5. The summed E-state index contributed by atoms with van der Waals surface area (Å²) in [7, 11) is 0. The molecule has 0 aliphatic carbocycles. The number of thioether (sulfide) groups is 1. The molecular weight excluding hydrogens is 446 g/mol. The van der Waals surface area contributed by atoms with Gasteiger partial charge in [0.05, 0.1) is 10.6 Å². The smallest absolute Gasteiger partial charge is 0.264 e. The molecule has 2 amide bonds. The van der Waals surface area contributed by atoms with Crippen LogP contribution in [0.4, 0.5) is 0 Å². The highest BCUT2D eigenvalue weighted by Crippen LogP contribution is 2.21. The number of benzene rings is 1. The third-order valence-electron chi connectivity index (χ3n) is 5.20. The van der Waals surface area contributed by atoms with Crippen LogP contribution < -0.4 is 4.74 Å². The van der Waals surface area contributed by atoms with Crippen molar-refractivity contribution < 1.29 is 14.3 Å². The van der Waals surface area contributed by atoms with Crippen LogP contribution in [0.2, 0.25) is 0 Å². The number of hydrogen-bond donors (Lipinski definition) is 1. The first-order valence-electron chi connectivity index (χ1n) is 10.3. The van der Waals surface area contributed by atoms with E-state index in [1.54, 1.807) is 9.80 Å². The van der Waals surface area contributed by atoms with E-state index in [1.807, 2.05) is 49.6 Å². The summed E-state index contributed by atoms with van der Waals surface area (Å²) < 4.78 is 5.84. The number of aryl methyl sites for hydroxylation is 2. The molecule has 1 aromatic carbocycles. The van der Waals surface area contributed by atoms with Crippen LogP contribution in [0.3, 0.4) is 0 Å². The molecule has 0 unspecified atom stereocenters. The second kappa shape index (κ2) is 10.2. The van der Waals surface area contributed by atoms with Gasteiger partial charge in [-0.3, -0.25) is 14.7 Å². The van der Waals surface area contributed by atoms with Crippen molar-refractivity contribution in [2.75, 3.05) is 31.9 Å². The van der Waals surface area contributed by atoms with Crippen LogP contribution in [0.5, 0.6) is 5.75 Å². The normalized spacial score (nSPS) is 13.9. The second-order valence-electron chi connectivity index (χ2n) is 7.56. The zero-order valence-electron chi connectivity index (χ0n) is 18.0. The van der Waals surface area contributed by atoms with Crippen molar-refractivity contribution in [1.82, 2.24) is 25.0 Å². The Kier molecular flexibility index (Phi) is 7.11. The van der Waals surface area contributed by atoms with Crippen LogP contribution in [-0.4, -0.2) is 68.7 Å². The monoisotopic (exact) mass is 471 g/mol. The van der Waals surface area contributed by atoms with E-state index in [9.17, 15) is 9.59 Å². The maximum atomic E-state index is 12.6. The number of aromatic nitrogens is 3. The van der Waals surface area contributed by atoms with E-state index in [2.05, 4.69) is 15.2 Å². The van der Waals surface area contributed by atoms with Crippen molar-refractivity contribution in [2.45, 2.75) is 25.6 Å². The zero-order chi connectivity index (χ0) is 22.5. The summed E-state index contributed by atoms with van der Waals surface area (Å²) in [5, 5.41) is 9.46. The Labute approximate surface area is 195 Å². The maximum absolute atomic E-state index is 12.6. The number of carbonyl (C=O) groups excluding carboxylic acids is 2. The highest BCUT2D eigenvalue weighted by molar-refractivity contribution is 7.99. The third kappa shape index (κ3) is 5.49. The molecule has 1 fully saturated rings. The van der Waals surface area contributed by atoms with Crippen molar-refractivity contribution in [1.29, 1.82) is 0 Å². The largest absolute Gasteiger partial charge is 0.485 e. The molecule has 0 bridgehead atoms. The lowest BCUT2D eigenvalue weighted by molar-refractivity contribution is -0.129. The number of nitrogens with zero attached hydrogens (tertiary/aromatic N) is 4. The summed E-state index contributed by atoms with van der Waals surface area (Å²) in [5.41, 5.74) is 2.20. The minimum Gasteiger partial charge on any atom is -0.485 e. The van der Waals surface area contributed by atoms with E-state index < -0.39 is 0 Å². The van der Waals surface area contributed by atoms with Gasteiger partial charge < -0.3 is 14.5 Å². The van der Waals surface area contributed by atoms with Gasteiger partial charge in [0.15, 0.2) is 5.82 Å². The van der Waals surface area contributed by atoms with E-state index in [1.165, 1.54) is 23.1 Å². The summed E-state index contributed by atoms with van der Waals surface area (Å²) in [6.07, 6.45) is 0. The van der Waals surface area contributed by atoms with E-state index in [0.717, 1.165) is 21.8 Å². The summed E-state index contributed by atoms with van der Waals surface area (Å²) in [4.78, 5) is 33.7. The van der Waals surface area contributed by atoms with Gasteiger partial charge >= 0.3 is 0 Å². The van der Waals surface area contributed by atoms with Gasteiger partial charge in [0.2, 0.25) is 11.1 Å². The van der Waals surface area contributed by atoms with Gasteiger partial charge in [-0.05, 0) is 42.5 Å². The molecule has 0 spiro atoms. The fourth-order valence-electron chi connectivity index (χ4n) is 3.35. The van der Waals surface area contributed by atoms with Gasteiger partial charge in [0, 0.05) is 26.2 Å². The number of nitrogens with one attached hydrogen (secondary N) is 1. The standard InChI is InChI=1S/C22H25N5O3S2/c1-15-5-6-16(2)17(12-15)30-13-19-23-22(25-24-19)32-14-20(28)26-7-9-27(10-8-26)21(29)18-4-3-11-31-18/h3-6,11-12H,7-10,13-14H2,1-2H3,(H,23,24,25). The number of ether oxygens (including phenoxy) is 1. The molecule has 0 radical (unpaired) electrons. The molecule has 2 aromatic heterocycles. The minimum atomic E-state index is 0.0243. The van der Waals surface area contributed by atoms with Crippen molar-refractivity contribution in [3.63, 3.8) is 0 Å². The maximum Gasteiger partial charge on any atom is 0.264 e. The molecule has 1 aliphatic heterocycles. The molecule has 3 aromatic rings. The molecular formula is C22H25N5O3S2. The number of amides is 2. The molecule has 0 atom stereocenters. The van der Waals surface area contributed by atoms with Crippen molar-refractivity contribution in [2.24, 2.45) is 0 Å².